The zero-order chi connectivity index (χ0) is 15.3. The van der Waals surface area contributed by atoms with E-state index in [0.29, 0.717) is 6.42 Å². The number of carboxylic acids is 1. The van der Waals surface area contributed by atoms with Crippen molar-refractivity contribution in [3.8, 4) is 0 Å². The van der Waals surface area contributed by atoms with Crippen LogP contribution in [0.15, 0.2) is 48.9 Å². The number of imidazole rings is 1. The van der Waals surface area contributed by atoms with E-state index in [4.69, 9.17) is 5.11 Å². The number of hydrogen-bond acceptors (Lipinski definition) is 3. The van der Waals surface area contributed by atoms with Gasteiger partial charge in [0.25, 0.3) is 0 Å². The fourth-order valence-electron chi connectivity index (χ4n) is 3.18. The van der Waals surface area contributed by atoms with Crippen LogP contribution in [0, 0.1) is 0 Å². The zero-order valence-corrected chi connectivity index (χ0v) is 11.7. The third-order valence-corrected chi connectivity index (χ3v) is 4.42. The molecule has 0 radical (unpaired) electrons. The van der Waals surface area contributed by atoms with E-state index in [2.05, 4.69) is 4.98 Å². The van der Waals surface area contributed by atoms with Crippen molar-refractivity contribution in [1.82, 2.24) is 9.55 Å². The highest BCUT2D eigenvalue weighted by Gasteiger charge is 2.39. The molecule has 1 aliphatic heterocycles. The molecule has 0 amide bonds. The lowest BCUT2D eigenvalue weighted by molar-refractivity contribution is 0.0696. The number of benzene rings is 2. The average molecular weight is 294 g/mol. The molecule has 5 nitrogen and oxygen atoms in total. The summed E-state index contributed by atoms with van der Waals surface area (Å²) in [5.41, 5.74) is 0.838. The molecule has 0 aliphatic carbocycles. The van der Waals surface area contributed by atoms with Crippen LogP contribution in [-0.2, 0) is 12.1 Å². The molecular formula is C17H14N2O3. The summed E-state index contributed by atoms with van der Waals surface area (Å²) in [6.45, 7) is 0.738. The van der Waals surface area contributed by atoms with Gasteiger partial charge in [0.2, 0.25) is 0 Å². The summed E-state index contributed by atoms with van der Waals surface area (Å²) < 4.78 is 1.96. The van der Waals surface area contributed by atoms with Gasteiger partial charge in [0.05, 0.1) is 23.8 Å². The minimum absolute atomic E-state index is 0.262. The molecule has 1 aliphatic rings. The second kappa shape index (κ2) is 4.42. The predicted octanol–water partition coefficient (Wildman–Crippen LogP) is 2.37. The van der Waals surface area contributed by atoms with E-state index in [9.17, 15) is 9.90 Å². The van der Waals surface area contributed by atoms with Crippen LogP contribution in [-0.4, -0.2) is 25.7 Å². The molecule has 1 unspecified atom stereocenters. The van der Waals surface area contributed by atoms with Crippen LogP contribution in [0.5, 0.6) is 0 Å². The van der Waals surface area contributed by atoms with Crippen molar-refractivity contribution in [2.24, 2.45) is 0 Å². The van der Waals surface area contributed by atoms with Gasteiger partial charge in [0.1, 0.15) is 5.60 Å². The second-order valence-electron chi connectivity index (χ2n) is 5.66. The first-order chi connectivity index (χ1) is 10.6. The normalized spacial score (nSPS) is 20.2. The van der Waals surface area contributed by atoms with Crippen LogP contribution >= 0.6 is 0 Å². The summed E-state index contributed by atoms with van der Waals surface area (Å²) in [4.78, 5) is 15.1. The van der Waals surface area contributed by atoms with Gasteiger partial charge in [-0.15, -0.1) is 0 Å². The number of aromatic nitrogens is 2. The molecule has 5 heteroatoms. The standard InChI is InChI=1S/C17H14N2O3/c20-16(21)13-2-1-12-8-14(4-3-11(12)7-13)17(22)5-6-19-10-18-9-15(17)19/h1-4,7-10,22H,5-6H2,(H,20,21). The van der Waals surface area contributed by atoms with Crippen LogP contribution in [0.2, 0.25) is 0 Å². The molecule has 1 atom stereocenters. The minimum Gasteiger partial charge on any atom is -0.478 e. The first kappa shape index (κ1) is 13.0. The van der Waals surface area contributed by atoms with Gasteiger partial charge in [-0.1, -0.05) is 18.2 Å². The van der Waals surface area contributed by atoms with Gasteiger partial charge in [0.15, 0.2) is 0 Å². The third-order valence-electron chi connectivity index (χ3n) is 4.42. The first-order valence-corrected chi connectivity index (χ1v) is 7.08. The number of hydrogen-bond donors (Lipinski definition) is 2. The number of aryl methyl sites for hydroxylation is 1. The SMILES string of the molecule is O=C(O)c1ccc2cc(C3(O)CCn4cncc43)ccc2c1. The Morgan fingerprint density at radius 1 is 1.18 bits per heavy atom. The second-order valence-corrected chi connectivity index (χ2v) is 5.66. The number of nitrogens with zero attached hydrogens (tertiary/aromatic N) is 2. The van der Waals surface area contributed by atoms with Gasteiger partial charge in [0, 0.05) is 13.0 Å². The van der Waals surface area contributed by atoms with E-state index in [1.54, 1.807) is 30.7 Å². The molecule has 0 saturated carbocycles. The molecule has 0 bridgehead atoms. The molecule has 1 aromatic heterocycles. The van der Waals surface area contributed by atoms with Crippen molar-refractivity contribution in [3.63, 3.8) is 0 Å². The molecule has 0 spiro atoms. The van der Waals surface area contributed by atoms with Crippen LogP contribution < -0.4 is 0 Å². The Kier molecular flexibility index (Phi) is 2.62. The van der Waals surface area contributed by atoms with Crippen molar-refractivity contribution in [1.29, 1.82) is 0 Å². The fraction of sp³-hybridized carbons (Fsp3) is 0.176. The lowest BCUT2D eigenvalue weighted by atomic mass is 9.88. The zero-order valence-electron chi connectivity index (χ0n) is 11.7. The van der Waals surface area contributed by atoms with Crippen LogP contribution in [0.25, 0.3) is 10.8 Å². The van der Waals surface area contributed by atoms with Gasteiger partial charge >= 0.3 is 5.97 Å². The lowest BCUT2D eigenvalue weighted by Gasteiger charge is -2.22. The molecule has 110 valence electrons. The Bertz CT molecular complexity index is 900. The number of fused-ring (bicyclic) bond motifs is 2. The quantitative estimate of drug-likeness (QED) is 0.761. The van der Waals surface area contributed by atoms with E-state index in [1.165, 1.54) is 0 Å². The van der Waals surface area contributed by atoms with Gasteiger partial charge in [-0.2, -0.15) is 0 Å². The number of rotatable bonds is 2. The monoisotopic (exact) mass is 294 g/mol. The Morgan fingerprint density at radius 2 is 1.95 bits per heavy atom. The Morgan fingerprint density at radius 3 is 2.77 bits per heavy atom. The molecule has 2 heterocycles. The van der Waals surface area contributed by atoms with Crippen molar-refractivity contribution in [2.75, 3.05) is 0 Å². The van der Waals surface area contributed by atoms with Gasteiger partial charge in [-0.3, -0.25) is 0 Å². The average Bonchev–Trinajstić information content (AvgIpc) is 3.11. The van der Waals surface area contributed by atoms with Crippen LogP contribution in [0.1, 0.15) is 28.0 Å². The number of aliphatic hydroxyl groups is 1. The Hall–Kier alpha value is -2.66. The fourth-order valence-corrected chi connectivity index (χ4v) is 3.18. The highest BCUT2D eigenvalue weighted by atomic mass is 16.4. The van der Waals surface area contributed by atoms with Gasteiger partial charge in [-0.25, -0.2) is 9.78 Å². The maximum atomic E-state index is 11.1. The van der Waals surface area contributed by atoms with E-state index in [-0.39, 0.29) is 5.56 Å². The molecule has 0 fully saturated rings. The summed E-state index contributed by atoms with van der Waals surface area (Å²) in [7, 11) is 0. The van der Waals surface area contributed by atoms with E-state index >= 15 is 0 Å². The largest absolute Gasteiger partial charge is 0.478 e. The smallest absolute Gasteiger partial charge is 0.335 e. The topological polar surface area (TPSA) is 75.3 Å². The molecule has 0 saturated heterocycles. The minimum atomic E-state index is -1.03. The van der Waals surface area contributed by atoms with Crippen molar-refractivity contribution >= 4 is 16.7 Å². The summed E-state index contributed by atoms with van der Waals surface area (Å²) in [6, 6.07) is 10.6. The maximum absolute atomic E-state index is 11.1. The Labute approximate surface area is 126 Å². The molecular weight excluding hydrogens is 280 g/mol. The van der Waals surface area contributed by atoms with Crippen LogP contribution in [0.3, 0.4) is 0 Å². The van der Waals surface area contributed by atoms with Crippen molar-refractivity contribution < 1.29 is 15.0 Å². The highest BCUT2D eigenvalue weighted by Crippen LogP contribution is 2.39. The van der Waals surface area contributed by atoms with E-state index in [1.807, 2.05) is 22.8 Å². The summed E-state index contributed by atoms with van der Waals surface area (Å²) in [5, 5.41) is 21.9. The number of aromatic carboxylic acids is 1. The van der Waals surface area contributed by atoms with Crippen LogP contribution in [0.4, 0.5) is 0 Å². The molecule has 4 rings (SSSR count). The van der Waals surface area contributed by atoms with Gasteiger partial charge in [-0.05, 0) is 34.5 Å². The van der Waals surface area contributed by atoms with E-state index < -0.39 is 11.6 Å². The molecule has 3 aromatic rings. The predicted molar refractivity (Wildman–Crippen MR) is 80.8 cm³/mol. The molecule has 2 aromatic carbocycles. The summed E-state index contributed by atoms with van der Waals surface area (Å²) in [6.07, 6.45) is 4.04. The third kappa shape index (κ3) is 1.76. The first-order valence-electron chi connectivity index (χ1n) is 7.08. The Balaban J connectivity index is 1.84. The summed E-state index contributed by atoms with van der Waals surface area (Å²) in [5.74, 6) is -0.940. The molecule has 2 N–H and O–H groups in total. The molecule has 22 heavy (non-hydrogen) atoms. The van der Waals surface area contributed by atoms with Crippen molar-refractivity contribution in [2.45, 2.75) is 18.6 Å². The van der Waals surface area contributed by atoms with E-state index in [0.717, 1.165) is 28.6 Å². The lowest BCUT2D eigenvalue weighted by Crippen LogP contribution is -2.23. The number of carboxylic acid groups (broad SMARTS) is 1. The van der Waals surface area contributed by atoms with Crippen molar-refractivity contribution in [3.05, 3.63) is 65.7 Å². The van der Waals surface area contributed by atoms with Gasteiger partial charge < -0.3 is 14.8 Å². The highest BCUT2D eigenvalue weighted by molar-refractivity contribution is 5.94. The number of carbonyl (C=O) groups is 1. The maximum Gasteiger partial charge on any atom is 0.335 e. The summed E-state index contributed by atoms with van der Waals surface area (Å²) >= 11 is 0.